The van der Waals surface area contributed by atoms with Gasteiger partial charge in [0.2, 0.25) is 5.91 Å². The highest BCUT2D eigenvalue weighted by molar-refractivity contribution is 5.92. The summed E-state index contributed by atoms with van der Waals surface area (Å²) in [6, 6.07) is 8.19. The lowest BCUT2D eigenvalue weighted by atomic mass is 10.1. The molecule has 3 rings (SSSR count). The first-order chi connectivity index (χ1) is 12.5. The maximum absolute atomic E-state index is 12.3. The summed E-state index contributed by atoms with van der Waals surface area (Å²) in [4.78, 5) is 21.2. The first-order valence-corrected chi connectivity index (χ1v) is 9.22. The summed E-state index contributed by atoms with van der Waals surface area (Å²) in [6.07, 6.45) is 3.80. The normalized spacial score (nSPS) is 15.8. The molecule has 138 valence electrons. The fourth-order valence-corrected chi connectivity index (χ4v) is 3.46. The molecule has 0 aliphatic carbocycles. The molecule has 0 spiro atoms. The number of rotatable bonds is 5. The van der Waals surface area contributed by atoms with Gasteiger partial charge in [0.05, 0.1) is 6.54 Å². The number of anilines is 1. The van der Waals surface area contributed by atoms with E-state index >= 15 is 0 Å². The van der Waals surface area contributed by atoms with Crippen molar-refractivity contribution in [3.8, 4) is 0 Å². The summed E-state index contributed by atoms with van der Waals surface area (Å²) < 4.78 is 0. The fourth-order valence-electron chi connectivity index (χ4n) is 3.46. The van der Waals surface area contributed by atoms with Gasteiger partial charge in [0.1, 0.15) is 0 Å². The zero-order valence-corrected chi connectivity index (χ0v) is 16.0. The Morgan fingerprint density at radius 3 is 2.35 bits per heavy atom. The van der Waals surface area contributed by atoms with Gasteiger partial charge < -0.3 is 5.32 Å². The van der Waals surface area contributed by atoms with E-state index in [-0.39, 0.29) is 5.91 Å². The summed E-state index contributed by atoms with van der Waals surface area (Å²) in [5, 5.41) is 3.03. The molecule has 1 aliphatic rings. The Kier molecular flexibility index (Phi) is 6.01. The fraction of sp³-hybridized carbons (Fsp3) is 0.429. The molecule has 1 fully saturated rings. The average molecular weight is 352 g/mol. The summed E-state index contributed by atoms with van der Waals surface area (Å²) in [5.74, 6) is 0.0616. The molecule has 5 heteroatoms. The molecular formula is C21H28N4O. The molecule has 0 bridgehead atoms. The highest BCUT2D eigenvalue weighted by Gasteiger charge is 2.19. The van der Waals surface area contributed by atoms with Crippen molar-refractivity contribution in [2.75, 3.05) is 38.0 Å². The molecule has 1 aromatic carbocycles. The minimum Gasteiger partial charge on any atom is -0.325 e. The van der Waals surface area contributed by atoms with Gasteiger partial charge in [0.25, 0.3) is 0 Å². The molecule has 0 saturated carbocycles. The predicted molar refractivity (Wildman–Crippen MR) is 105 cm³/mol. The number of hydrogen-bond donors (Lipinski definition) is 1. The van der Waals surface area contributed by atoms with Crippen LogP contribution in [0.5, 0.6) is 0 Å². The molecule has 1 amide bonds. The Hall–Kier alpha value is -2.24. The van der Waals surface area contributed by atoms with E-state index in [4.69, 9.17) is 0 Å². The maximum atomic E-state index is 12.3. The number of hydrogen-bond acceptors (Lipinski definition) is 4. The number of nitrogens with zero attached hydrogens (tertiary/aromatic N) is 3. The Bertz CT molecular complexity index is 746. The van der Waals surface area contributed by atoms with E-state index in [1.165, 1.54) is 22.3 Å². The SMILES string of the molecule is Cc1cc(C)cc(NC(=O)CN2CCN(Cc3cnccc3C)CC2)c1. The molecule has 0 atom stereocenters. The maximum Gasteiger partial charge on any atom is 0.238 e. The van der Waals surface area contributed by atoms with Crippen molar-refractivity contribution < 1.29 is 4.79 Å². The molecule has 0 unspecified atom stereocenters. The van der Waals surface area contributed by atoms with Gasteiger partial charge in [-0.15, -0.1) is 0 Å². The molecule has 26 heavy (non-hydrogen) atoms. The number of carbonyl (C=O) groups excluding carboxylic acids is 1. The van der Waals surface area contributed by atoms with Crippen LogP contribution in [-0.2, 0) is 11.3 Å². The van der Waals surface area contributed by atoms with Crippen molar-refractivity contribution in [3.63, 3.8) is 0 Å². The van der Waals surface area contributed by atoms with Gasteiger partial charge in [0.15, 0.2) is 0 Å². The monoisotopic (exact) mass is 352 g/mol. The van der Waals surface area contributed by atoms with Gasteiger partial charge in [-0.3, -0.25) is 19.6 Å². The van der Waals surface area contributed by atoms with Crippen LogP contribution in [0.25, 0.3) is 0 Å². The van der Waals surface area contributed by atoms with Crippen molar-refractivity contribution in [1.29, 1.82) is 0 Å². The van der Waals surface area contributed by atoms with E-state index in [9.17, 15) is 4.79 Å². The van der Waals surface area contributed by atoms with Gasteiger partial charge in [-0.25, -0.2) is 0 Å². The van der Waals surface area contributed by atoms with Crippen molar-refractivity contribution in [3.05, 3.63) is 58.9 Å². The van der Waals surface area contributed by atoms with Crippen LogP contribution in [0.3, 0.4) is 0 Å². The second-order valence-electron chi connectivity index (χ2n) is 7.28. The van der Waals surface area contributed by atoms with Crippen LogP contribution in [0.4, 0.5) is 5.69 Å². The van der Waals surface area contributed by atoms with Gasteiger partial charge in [-0.05, 0) is 61.2 Å². The molecular weight excluding hydrogens is 324 g/mol. The number of carbonyl (C=O) groups is 1. The predicted octanol–water partition coefficient (Wildman–Crippen LogP) is 2.76. The Labute approximate surface area is 156 Å². The van der Waals surface area contributed by atoms with Crippen molar-refractivity contribution in [2.45, 2.75) is 27.3 Å². The second-order valence-corrected chi connectivity index (χ2v) is 7.28. The van der Waals surface area contributed by atoms with Gasteiger partial charge >= 0.3 is 0 Å². The number of aromatic nitrogens is 1. The minimum absolute atomic E-state index is 0.0616. The lowest BCUT2D eigenvalue weighted by molar-refractivity contribution is -0.117. The van der Waals surface area contributed by atoms with E-state index in [0.29, 0.717) is 6.54 Å². The lowest BCUT2D eigenvalue weighted by Crippen LogP contribution is -2.48. The highest BCUT2D eigenvalue weighted by Crippen LogP contribution is 2.14. The standard InChI is InChI=1S/C21H28N4O/c1-16-10-17(2)12-20(11-16)23-21(26)15-25-8-6-24(7-9-25)14-19-13-22-5-4-18(19)3/h4-5,10-13H,6-9,14-15H2,1-3H3,(H,23,26). The molecule has 2 heterocycles. The second kappa shape index (κ2) is 8.43. The Morgan fingerprint density at radius 2 is 1.69 bits per heavy atom. The minimum atomic E-state index is 0.0616. The Balaban J connectivity index is 1.46. The molecule has 0 radical (unpaired) electrons. The van der Waals surface area contributed by atoms with Crippen LogP contribution in [0.2, 0.25) is 0 Å². The number of amides is 1. The molecule has 1 N–H and O–H groups in total. The Morgan fingerprint density at radius 1 is 1.04 bits per heavy atom. The van der Waals surface area contributed by atoms with Crippen LogP contribution in [0, 0.1) is 20.8 Å². The zero-order valence-electron chi connectivity index (χ0n) is 16.0. The van der Waals surface area contributed by atoms with Gasteiger partial charge in [-0.1, -0.05) is 6.07 Å². The van der Waals surface area contributed by atoms with Crippen molar-refractivity contribution in [2.24, 2.45) is 0 Å². The summed E-state index contributed by atoms with van der Waals surface area (Å²) in [6.45, 7) is 11.4. The number of aryl methyl sites for hydroxylation is 3. The first-order valence-electron chi connectivity index (χ1n) is 9.22. The quantitative estimate of drug-likeness (QED) is 0.899. The van der Waals surface area contributed by atoms with Crippen molar-refractivity contribution in [1.82, 2.24) is 14.8 Å². The zero-order chi connectivity index (χ0) is 18.5. The average Bonchev–Trinajstić information content (AvgIpc) is 2.57. The summed E-state index contributed by atoms with van der Waals surface area (Å²) >= 11 is 0. The van der Waals surface area contributed by atoms with Gasteiger partial charge in [0, 0.05) is 50.8 Å². The molecule has 1 aliphatic heterocycles. The van der Waals surface area contributed by atoms with Crippen molar-refractivity contribution >= 4 is 11.6 Å². The van der Waals surface area contributed by atoms with E-state index in [0.717, 1.165) is 38.4 Å². The highest BCUT2D eigenvalue weighted by atomic mass is 16.2. The molecule has 1 aromatic heterocycles. The van der Waals surface area contributed by atoms with Crippen LogP contribution in [0.1, 0.15) is 22.3 Å². The van der Waals surface area contributed by atoms with E-state index in [1.54, 1.807) is 0 Å². The van der Waals surface area contributed by atoms with Crippen LogP contribution in [0.15, 0.2) is 36.7 Å². The van der Waals surface area contributed by atoms with E-state index < -0.39 is 0 Å². The number of nitrogens with one attached hydrogen (secondary N) is 1. The van der Waals surface area contributed by atoms with Crippen LogP contribution < -0.4 is 5.32 Å². The van der Waals surface area contributed by atoms with Gasteiger partial charge in [-0.2, -0.15) is 0 Å². The topological polar surface area (TPSA) is 48.5 Å². The first kappa shape index (κ1) is 18.5. The lowest BCUT2D eigenvalue weighted by Gasteiger charge is -2.34. The van der Waals surface area contributed by atoms with Crippen LogP contribution in [-0.4, -0.2) is 53.4 Å². The van der Waals surface area contributed by atoms with E-state index in [1.807, 2.05) is 38.4 Å². The third-order valence-electron chi connectivity index (χ3n) is 4.88. The number of pyridine rings is 1. The third kappa shape index (κ3) is 5.13. The molecule has 1 saturated heterocycles. The molecule has 2 aromatic rings. The summed E-state index contributed by atoms with van der Waals surface area (Å²) in [7, 11) is 0. The number of benzene rings is 1. The number of piperazine rings is 1. The molecule has 5 nitrogen and oxygen atoms in total. The van der Waals surface area contributed by atoms with Crippen LogP contribution >= 0.6 is 0 Å². The smallest absolute Gasteiger partial charge is 0.238 e. The largest absolute Gasteiger partial charge is 0.325 e. The third-order valence-corrected chi connectivity index (χ3v) is 4.88. The van der Waals surface area contributed by atoms with E-state index in [2.05, 4.69) is 39.2 Å². The summed E-state index contributed by atoms with van der Waals surface area (Å²) in [5.41, 5.74) is 5.79.